The summed E-state index contributed by atoms with van der Waals surface area (Å²) in [4.78, 5) is 64.3. The molecular weight excluding hydrogens is 594 g/mol. The molecule has 0 bridgehead atoms. The largest absolute Gasteiger partial charge is 0.477 e. The van der Waals surface area contributed by atoms with E-state index in [1.165, 1.54) is 54.8 Å². The van der Waals surface area contributed by atoms with Gasteiger partial charge in [0.05, 0.1) is 23.0 Å². The molecule has 0 radical (unpaired) electrons. The lowest BCUT2D eigenvalue weighted by atomic mass is 9.79. The van der Waals surface area contributed by atoms with Gasteiger partial charge in [0.1, 0.15) is 31.2 Å². The Balaban J connectivity index is 1.41. The first kappa shape index (κ1) is 31.2. The van der Waals surface area contributed by atoms with Gasteiger partial charge in [-0.15, -0.1) is 11.8 Å². The van der Waals surface area contributed by atoms with Crippen LogP contribution in [0.5, 0.6) is 0 Å². The van der Waals surface area contributed by atoms with Gasteiger partial charge >= 0.3 is 12.1 Å². The number of nitro groups is 1. The van der Waals surface area contributed by atoms with E-state index in [2.05, 4.69) is 0 Å². The number of likely N-dealkylation sites (tertiary alicyclic amines) is 1. The number of benzene rings is 1. The van der Waals surface area contributed by atoms with Gasteiger partial charge in [-0.05, 0) is 38.5 Å². The quantitative estimate of drug-likeness (QED) is 0.172. The molecule has 1 aromatic heterocycles. The van der Waals surface area contributed by atoms with E-state index in [-0.39, 0.29) is 48.0 Å². The lowest BCUT2D eigenvalue weighted by Gasteiger charge is -2.46. The molecule has 6 atom stereocenters. The fourth-order valence-electron chi connectivity index (χ4n) is 6.43. The number of non-ortho nitro benzene ring substituents is 1. The number of hydrogen-bond acceptors (Lipinski definition) is 9. The highest BCUT2D eigenvalue weighted by Crippen LogP contribution is 2.53. The Labute approximate surface area is 257 Å². The summed E-state index contributed by atoms with van der Waals surface area (Å²) in [6, 6.07) is 5.22. The first-order chi connectivity index (χ1) is 20.7. The third-order valence-corrected chi connectivity index (χ3v) is 10.0. The molecule has 0 unspecified atom stereocenters. The van der Waals surface area contributed by atoms with Crippen LogP contribution in [0, 0.1) is 22.0 Å². The second kappa shape index (κ2) is 11.7. The van der Waals surface area contributed by atoms with Crippen molar-refractivity contribution in [3.63, 3.8) is 0 Å². The number of carbonyl (C=O) groups is 4. The number of carboxylic acid groups (broad SMARTS) is 1. The number of amides is 2. The number of aliphatic hydroxyl groups is 1. The van der Waals surface area contributed by atoms with Crippen molar-refractivity contribution in [2.24, 2.45) is 11.8 Å². The molecule has 234 valence electrons. The monoisotopic (exact) mass is 628 g/mol. The molecule has 15 heteroatoms. The zero-order valence-electron chi connectivity index (χ0n) is 24.7. The maximum Gasteiger partial charge on any atom is 0.413 e. The highest BCUT2D eigenvalue weighted by atomic mass is 32.2. The summed E-state index contributed by atoms with van der Waals surface area (Å²) in [7, 11) is 0. The maximum atomic E-state index is 13.6. The molecular formula is C29H34N5O9S+. The van der Waals surface area contributed by atoms with Crippen LogP contribution in [0.2, 0.25) is 0 Å². The number of aromatic nitrogens is 2. The van der Waals surface area contributed by atoms with Gasteiger partial charge in [-0.1, -0.05) is 6.92 Å². The average molecular weight is 629 g/mol. The van der Waals surface area contributed by atoms with Crippen molar-refractivity contribution in [2.75, 3.05) is 6.54 Å². The van der Waals surface area contributed by atoms with Crippen molar-refractivity contribution < 1.29 is 43.6 Å². The van der Waals surface area contributed by atoms with E-state index in [1.54, 1.807) is 28.2 Å². The van der Waals surface area contributed by atoms with E-state index in [0.717, 1.165) is 0 Å². The van der Waals surface area contributed by atoms with Crippen molar-refractivity contribution >= 4 is 41.2 Å². The van der Waals surface area contributed by atoms with E-state index in [1.807, 2.05) is 18.4 Å². The lowest BCUT2D eigenvalue weighted by molar-refractivity contribution is -0.684. The predicted octanol–water partition coefficient (Wildman–Crippen LogP) is 2.24. The Morgan fingerprint density at radius 2 is 1.95 bits per heavy atom. The number of nitrogens with zero attached hydrogens (tertiary/aromatic N) is 5. The second-order valence-corrected chi connectivity index (χ2v) is 13.1. The third kappa shape index (κ3) is 5.45. The number of thioether (sulfide) groups is 1. The van der Waals surface area contributed by atoms with Gasteiger partial charge in [-0.2, -0.15) is 0 Å². The fourth-order valence-corrected chi connectivity index (χ4v) is 8.06. The SMILES string of the molecule is CC(=O)C[n+]1ccn([C@@]2(C)C[C@H](SC3=C(C(=O)O)N4C(=O)[C@H]([C@@H](C)O)[C@H]4[C@H]3C)CN2C(=O)OCc2ccc([N+](=O)[O-])cc2)c1. The number of ether oxygens (including phenoxy) is 1. The summed E-state index contributed by atoms with van der Waals surface area (Å²) >= 11 is 1.31. The van der Waals surface area contributed by atoms with Crippen LogP contribution in [0.25, 0.3) is 0 Å². The minimum absolute atomic E-state index is 0.0461. The summed E-state index contributed by atoms with van der Waals surface area (Å²) in [6.07, 6.45) is 4.04. The van der Waals surface area contributed by atoms with E-state index in [0.29, 0.717) is 16.9 Å². The molecule has 0 aliphatic carbocycles. The van der Waals surface area contributed by atoms with Crippen LogP contribution in [-0.2, 0) is 37.9 Å². The predicted molar refractivity (Wildman–Crippen MR) is 155 cm³/mol. The Bertz CT molecular complexity index is 1550. The highest BCUT2D eigenvalue weighted by Gasteiger charge is 2.61. The van der Waals surface area contributed by atoms with Crippen molar-refractivity contribution in [1.29, 1.82) is 0 Å². The summed E-state index contributed by atoms with van der Waals surface area (Å²) in [5, 5.41) is 30.9. The van der Waals surface area contributed by atoms with Gasteiger partial charge in [0, 0.05) is 41.2 Å². The molecule has 0 spiro atoms. The van der Waals surface area contributed by atoms with Crippen molar-refractivity contribution in [2.45, 2.75) is 70.3 Å². The molecule has 4 heterocycles. The molecule has 2 aromatic rings. The fraction of sp³-hybridized carbons (Fsp3) is 0.483. The highest BCUT2D eigenvalue weighted by molar-refractivity contribution is 8.03. The van der Waals surface area contributed by atoms with Gasteiger partial charge in [-0.25, -0.2) is 18.7 Å². The minimum atomic E-state index is -1.23. The Kier molecular flexibility index (Phi) is 8.29. The first-order valence-electron chi connectivity index (χ1n) is 14.1. The van der Waals surface area contributed by atoms with Gasteiger partial charge in [-0.3, -0.25) is 24.6 Å². The van der Waals surface area contributed by atoms with E-state index in [9.17, 15) is 39.5 Å². The number of nitro benzene ring substituents is 1. The molecule has 5 rings (SSSR count). The number of imidazole rings is 1. The summed E-state index contributed by atoms with van der Waals surface area (Å²) in [6.45, 7) is 6.91. The van der Waals surface area contributed by atoms with Crippen molar-refractivity contribution in [3.8, 4) is 0 Å². The third-order valence-electron chi connectivity index (χ3n) is 8.57. The number of fused-ring (bicyclic) bond motifs is 1. The summed E-state index contributed by atoms with van der Waals surface area (Å²) in [5.41, 5.74) is -0.569. The molecule has 44 heavy (non-hydrogen) atoms. The Hall–Kier alpha value is -4.24. The molecule has 0 saturated carbocycles. The van der Waals surface area contributed by atoms with Crippen LogP contribution in [0.1, 0.15) is 39.7 Å². The number of carboxylic acids is 1. The van der Waals surface area contributed by atoms with E-state index in [4.69, 9.17) is 4.74 Å². The van der Waals surface area contributed by atoms with Gasteiger partial charge in [0.15, 0.2) is 11.4 Å². The summed E-state index contributed by atoms with van der Waals surface area (Å²) < 4.78 is 9.16. The van der Waals surface area contributed by atoms with Crippen LogP contribution >= 0.6 is 11.8 Å². The first-order valence-corrected chi connectivity index (χ1v) is 15.0. The minimum Gasteiger partial charge on any atom is -0.477 e. The topological polar surface area (TPSA) is 176 Å². The number of hydrogen-bond donors (Lipinski definition) is 2. The number of rotatable bonds is 10. The Morgan fingerprint density at radius 1 is 1.27 bits per heavy atom. The molecule has 2 fully saturated rings. The molecule has 3 aliphatic heterocycles. The number of aliphatic hydroxyl groups excluding tert-OH is 1. The van der Waals surface area contributed by atoms with E-state index >= 15 is 0 Å². The van der Waals surface area contributed by atoms with Gasteiger partial charge < -0.3 is 19.8 Å². The van der Waals surface area contributed by atoms with Crippen LogP contribution in [0.4, 0.5) is 10.5 Å². The number of Topliss-reactive ketones (excluding diaryl/α,β-unsaturated/α-hetero) is 1. The van der Waals surface area contributed by atoms with Crippen molar-refractivity contribution in [3.05, 3.63) is 69.3 Å². The zero-order chi connectivity index (χ0) is 32.1. The molecule has 2 amide bonds. The maximum absolute atomic E-state index is 13.6. The number of β-lactam (4-membered cyclic amide) rings is 1. The van der Waals surface area contributed by atoms with E-state index < -0.39 is 46.6 Å². The standard InChI is InChI=1S/C29H33N5O9S/c1-16(35)12-30-9-10-31(15-30)29(4)11-21(13-32(29)28(40)43-14-19-5-7-20(8-6-19)34(41)42)44-25-17(2)23-22(18(3)36)26(37)33(23)24(25)27(38)39/h5-10,15,17-18,21-23,36H,11-14H2,1-4H3/p+1/t17-,18-,21+,22-,23-,29-/m1/s1. The molecule has 1 aromatic carbocycles. The smallest absolute Gasteiger partial charge is 0.413 e. The normalized spacial score (nSPS) is 26.8. The van der Waals surface area contributed by atoms with Gasteiger partial charge in [0.2, 0.25) is 12.2 Å². The Morgan fingerprint density at radius 3 is 2.55 bits per heavy atom. The molecule has 2 saturated heterocycles. The summed E-state index contributed by atoms with van der Waals surface area (Å²) in [5.74, 6) is -2.71. The molecule has 14 nitrogen and oxygen atoms in total. The van der Waals surface area contributed by atoms with Crippen LogP contribution < -0.4 is 4.57 Å². The van der Waals surface area contributed by atoms with Crippen LogP contribution in [0.3, 0.4) is 0 Å². The zero-order valence-corrected chi connectivity index (χ0v) is 25.5. The number of aliphatic carboxylic acids is 1. The molecule has 2 N–H and O–H groups in total. The lowest BCUT2D eigenvalue weighted by Crippen LogP contribution is -2.63. The number of ketones is 1. The van der Waals surface area contributed by atoms with Crippen molar-refractivity contribution in [1.82, 2.24) is 14.4 Å². The van der Waals surface area contributed by atoms with Crippen LogP contribution in [0.15, 0.2) is 53.6 Å². The van der Waals surface area contributed by atoms with Gasteiger partial charge in [0.25, 0.3) is 5.69 Å². The second-order valence-electron chi connectivity index (χ2n) is 11.7. The molecule has 3 aliphatic rings. The van der Waals surface area contributed by atoms with Crippen LogP contribution in [-0.4, -0.2) is 77.2 Å². The number of carbonyl (C=O) groups excluding carboxylic acids is 3. The average Bonchev–Trinajstić information content (AvgIpc) is 3.61.